The van der Waals surface area contributed by atoms with Crippen LogP contribution in [0.15, 0.2) is 12.1 Å². The largest absolute Gasteiger partial charge is 0.395 e. The molecule has 0 aromatic heterocycles. The highest BCUT2D eigenvalue weighted by molar-refractivity contribution is 14.1. The predicted octanol–water partition coefficient (Wildman–Crippen LogP) is 2.22. The van der Waals surface area contributed by atoms with Crippen molar-refractivity contribution in [3.8, 4) is 0 Å². The Bertz CT molecular complexity index is 315. The van der Waals surface area contributed by atoms with Gasteiger partial charge in [-0.1, -0.05) is 0 Å². The molecule has 0 amide bonds. The summed E-state index contributed by atoms with van der Waals surface area (Å²) in [6, 6.07) is 2.72. The van der Waals surface area contributed by atoms with Crippen LogP contribution in [-0.4, -0.2) is 5.78 Å². The first-order chi connectivity index (χ1) is 5.52. The monoisotopic (exact) mass is 279 g/mol. The zero-order chi connectivity index (χ0) is 9.30. The second-order valence-electron chi connectivity index (χ2n) is 2.41. The SMILES string of the molecule is CC(=O)c1cc(F)c(N)c(I)c1. The van der Waals surface area contributed by atoms with Crippen molar-refractivity contribution in [2.24, 2.45) is 0 Å². The third-order valence-corrected chi connectivity index (χ3v) is 2.38. The second-order valence-corrected chi connectivity index (χ2v) is 3.57. The Balaban J connectivity index is 3.31. The number of ketones is 1. The minimum Gasteiger partial charge on any atom is -0.395 e. The maximum absolute atomic E-state index is 12.9. The average molecular weight is 279 g/mol. The van der Waals surface area contributed by atoms with E-state index in [2.05, 4.69) is 0 Å². The summed E-state index contributed by atoms with van der Waals surface area (Å²) in [5, 5.41) is 0. The van der Waals surface area contributed by atoms with Crippen LogP contribution >= 0.6 is 22.6 Å². The number of carbonyl (C=O) groups excluding carboxylic acids is 1. The highest BCUT2D eigenvalue weighted by atomic mass is 127. The molecule has 1 aromatic carbocycles. The Morgan fingerprint density at radius 1 is 1.58 bits per heavy atom. The predicted molar refractivity (Wildman–Crippen MR) is 53.5 cm³/mol. The van der Waals surface area contributed by atoms with Gasteiger partial charge in [0.2, 0.25) is 0 Å². The van der Waals surface area contributed by atoms with Crippen LogP contribution in [0.25, 0.3) is 0 Å². The van der Waals surface area contributed by atoms with E-state index in [9.17, 15) is 9.18 Å². The molecule has 1 aromatic rings. The number of carbonyl (C=O) groups is 1. The minimum atomic E-state index is -0.535. The normalized spacial score (nSPS) is 9.92. The molecule has 64 valence electrons. The van der Waals surface area contributed by atoms with Crippen molar-refractivity contribution in [1.29, 1.82) is 0 Å². The van der Waals surface area contributed by atoms with E-state index in [-0.39, 0.29) is 11.5 Å². The van der Waals surface area contributed by atoms with Gasteiger partial charge in [-0.3, -0.25) is 4.79 Å². The second kappa shape index (κ2) is 3.38. The Morgan fingerprint density at radius 2 is 2.17 bits per heavy atom. The molecule has 0 spiro atoms. The molecule has 4 heteroatoms. The Labute approximate surface area is 83.1 Å². The number of halogens is 2. The van der Waals surface area contributed by atoms with Gasteiger partial charge < -0.3 is 5.73 Å². The van der Waals surface area contributed by atoms with E-state index < -0.39 is 5.82 Å². The van der Waals surface area contributed by atoms with Crippen molar-refractivity contribution >= 4 is 34.1 Å². The van der Waals surface area contributed by atoms with E-state index in [0.29, 0.717) is 9.13 Å². The zero-order valence-corrected chi connectivity index (χ0v) is 8.55. The van der Waals surface area contributed by atoms with Gasteiger partial charge in [0.1, 0.15) is 5.82 Å². The van der Waals surface area contributed by atoms with E-state index in [4.69, 9.17) is 5.73 Å². The molecule has 0 fully saturated rings. The number of anilines is 1. The summed E-state index contributed by atoms with van der Waals surface area (Å²) >= 11 is 1.89. The van der Waals surface area contributed by atoms with E-state index >= 15 is 0 Å². The van der Waals surface area contributed by atoms with Crippen molar-refractivity contribution in [3.63, 3.8) is 0 Å². The fourth-order valence-corrected chi connectivity index (χ4v) is 1.38. The third kappa shape index (κ3) is 1.74. The van der Waals surface area contributed by atoms with Crippen molar-refractivity contribution in [3.05, 3.63) is 27.1 Å². The molecular formula is C8H7FINO. The quantitative estimate of drug-likeness (QED) is 0.486. The maximum Gasteiger partial charge on any atom is 0.159 e. The smallest absolute Gasteiger partial charge is 0.159 e. The molecule has 0 unspecified atom stereocenters. The number of benzene rings is 1. The number of hydrogen-bond acceptors (Lipinski definition) is 2. The molecule has 0 heterocycles. The first-order valence-electron chi connectivity index (χ1n) is 3.28. The Morgan fingerprint density at radius 3 is 2.58 bits per heavy atom. The lowest BCUT2D eigenvalue weighted by atomic mass is 10.1. The third-order valence-electron chi connectivity index (χ3n) is 1.49. The van der Waals surface area contributed by atoms with Crippen LogP contribution < -0.4 is 5.73 Å². The molecule has 0 saturated carbocycles. The standard InChI is InChI=1S/C8H7FINO/c1-4(12)5-2-6(9)8(11)7(10)3-5/h2-3H,11H2,1H3. The van der Waals surface area contributed by atoms with Gasteiger partial charge in [-0.2, -0.15) is 0 Å². The summed E-state index contributed by atoms with van der Waals surface area (Å²) in [6.07, 6.45) is 0. The highest BCUT2D eigenvalue weighted by Gasteiger charge is 2.07. The van der Waals surface area contributed by atoms with Gasteiger partial charge in [0.05, 0.1) is 5.69 Å². The maximum atomic E-state index is 12.9. The lowest BCUT2D eigenvalue weighted by Gasteiger charge is -2.02. The molecule has 0 aliphatic heterocycles. The van der Waals surface area contributed by atoms with Crippen molar-refractivity contribution in [1.82, 2.24) is 0 Å². The lowest BCUT2D eigenvalue weighted by molar-refractivity contribution is 0.101. The molecule has 2 N–H and O–H groups in total. The van der Waals surface area contributed by atoms with Gasteiger partial charge in [0.15, 0.2) is 5.78 Å². The van der Waals surface area contributed by atoms with Crippen LogP contribution in [0.5, 0.6) is 0 Å². The number of rotatable bonds is 1. The molecule has 0 saturated heterocycles. The molecule has 0 aliphatic carbocycles. The Kier molecular flexibility index (Phi) is 2.66. The summed E-state index contributed by atoms with van der Waals surface area (Å²) in [5.41, 5.74) is 5.81. The van der Waals surface area contributed by atoms with Gasteiger partial charge in [0.25, 0.3) is 0 Å². The fraction of sp³-hybridized carbons (Fsp3) is 0.125. The first kappa shape index (κ1) is 9.44. The topological polar surface area (TPSA) is 43.1 Å². The van der Waals surface area contributed by atoms with Crippen molar-refractivity contribution in [2.75, 3.05) is 5.73 Å². The number of nitrogen functional groups attached to an aromatic ring is 1. The van der Waals surface area contributed by atoms with Crippen LogP contribution in [0.3, 0.4) is 0 Å². The van der Waals surface area contributed by atoms with E-state index in [1.165, 1.54) is 6.92 Å². The van der Waals surface area contributed by atoms with Crippen LogP contribution in [-0.2, 0) is 0 Å². The Hall–Kier alpha value is -0.650. The van der Waals surface area contributed by atoms with Crippen molar-refractivity contribution in [2.45, 2.75) is 6.92 Å². The number of hydrogen-bond donors (Lipinski definition) is 1. The molecule has 1 rings (SSSR count). The zero-order valence-electron chi connectivity index (χ0n) is 6.40. The molecule has 0 radical (unpaired) electrons. The number of Topliss-reactive ketones (excluding diaryl/α,β-unsaturated/α-hetero) is 1. The van der Waals surface area contributed by atoms with Gasteiger partial charge in [0, 0.05) is 9.13 Å². The van der Waals surface area contributed by atoms with Gasteiger partial charge in [-0.15, -0.1) is 0 Å². The van der Waals surface area contributed by atoms with E-state index in [1.54, 1.807) is 6.07 Å². The van der Waals surface area contributed by atoms with E-state index in [0.717, 1.165) is 6.07 Å². The summed E-state index contributed by atoms with van der Waals surface area (Å²) in [4.78, 5) is 10.9. The summed E-state index contributed by atoms with van der Waals surface area (Å²) in [7, 11) is 0. The molecule has 2 nitrogen and oxygen atoms in total. The van der Waals surface area contributed by atoms with Gasteiger partial charge in [-0.25, -0.2) is 4.39 Å². The summed E-state index contributed by atoms with van der Waals surface area (Å²) < 4.78 is 13.5. The van der Waals surface area contributed by atoms with E-state index in [1.807, 2.05) is 22.6 Å². The molecule has 12 heavy (non-hydrogen) atoms. The summed E-state index contributed by atoms with van der Waals surface area (Å²) in [6.45, 7) is 1.39. The fourth-order valence-electron chi connectivity index (χ4n) is 0.788. The van der Waals surface area contributed by atoms with Crippen LogP contribution in [0.2, 0.25) is 0 Å². The molecule has 0 atom stereocenters. The lowest BCUT2D eigenvalue weighted by Crippen LogP contribution is -1.99. The molecule has 0 bridgehead atoms. The average Bonchev–Trinajstić information content (AvgIpc) is 1.99. The highest BCUT2D eigenvalue weighted by Crippen LogP contribution is 2.20. The van der Waals surface area contributed by atoms with Gasteiger partial charge >= 0.3 is 0 Å². The van der Waals surface area contributed by atoms with Crippen LogP contribution in [0.1, 0.15) is 17.3 Å². The number of nitrogens with two attached hydrogens (primary N) is 1. The van der Waals surface area contributed by atoms with Crippen molar-refractivity contribution < 1.29 is 9.18 Å². The summed E-state index contributed by atoms with van der Waals surface area (Å²) in [5.74, 6) is -0.695. The molecular weight excluding hydrogens is 272 g/mol. The van der Waals surface area contributed by atoms with Crippen LogP contribution in [0.4, 0.5) is 10.1 Å². The van der Waals surface area contributed by atoms with Crippen LogP contribution in [0, 0.1) is 9.39 Å². The first-order valence-corrected chi connectivity index (χ1v) is 4.35. The minimum absolute atomic E-state index is 0.0978. The molecule has 0 aliphatic rings. The van der Waals surface area contributed by atoms with Gasteiger partial charge in [-0.05, 0) is 41.6 Å².